The molecule has 2 atom stereocenters. The average molecular weight is 587 g/mol. The summed E-state index contributed by atoms with van der Waals surface area (Å²) >= 11 is 0. The molecule has 0 aromatic heterocycles. The monoisotopic (exact) mass is 587 g/mol. The van der Waals surface area contributed by atoms with Crippen molar-refractivity contribution in [2.45, 2.75) is 187 Å². The lowest BCUT2D eigenvalue weighted by Gasteiger charge is -2.36. The average Bonchev–Trinajstić information content (AvgIpc) is 3.37. The number of nitrogens with one attached hydrogen (secondary N) is 1. The van der Waals surface area contributed by atoms with Gasteiger partial charge in [0, 0.05) is 19.8 Å². The summed E-state index contributed by atoms with van der Waals surface area (Å²) in [4.78, 5) is 17.6. The van der Waals surface area contributed by atoms with Crippen LogP contribution in [0.15, 0.2) is 29.3 Å². The summed E-state index contributed by atoms with van der Waals surface area (Å²) in [5.74, 6) is 1.51. The third-order valence-electron chi connectivity index (χ3n) is 9.25. The van der Waals surface area contributed by atoms with Crippen molar-refractivity contribution in [3.8, 4) is 0 Å². The van der Waals surface area contributed by atoms with Gasteiger partial charge in [-0.1, -0.05) is 122 Å². The number of rotatable bonds is 29. The van der Waals surface area contributed by atoms with Crippen molar-refractivity contribution in [1.82, 2.24) is 5.32 Å². The fourth-order valence-corrected chi connectivity index (χ4v) is 6.06. The Morgan fingerprint density at radius 1 is 0.690 bits per heavy atom. The van der Waals surface area contributed by atoms with Crippen LogP contribution in [0.2, 0.25) is 0 Å². The minimum Gasteiger partial charge on any atom is -0.307 e. The van der Waals surface area contributed by atoms with Gasteiger partial charge in [0.25, 0.3) is 0 Å². The Balaban J connectivity index is 2.06. The van der Waals surface area contributed by atoms with Gasteiger partial charge in [-0.3, -0.25) is 9.28 Å². The maximum absolute atomic E-state index is 12.7. The van der Waals surface area contributed by atoms with Gasteiger partial charge in [0.05, 0.1) is 13.6 Å². The van der Waals surface area contributed by atoms with Gasteiger partial charge in [0.1, 0.15) is 6.54 Å². The van der Waals surface area contributed by atoms with Gasteiger partial charge < -0.3 is 5.32 Å². The number of aliphatic imine (C=N–C) groups is 1. The van der Waals surface area contributed by atoms with Gasteiger partial charge in [-0.15, -0.1) is 0 Å². The predicted molar refractivity (Wildman–Crippen MR) is 186 cm³/mol. The quantitative estimate of drug-likeness (QED) is 0.0528. The molecule has 0 bridgehead atoms. The van der Waals surface area contributed by atoms with E-state index in [4.69, 9.17) is 4.99 Å². The Kier molecular flexibility index (Phi) is 25.0. The summed E-state index contributed by atoms with van der Waals surface area (Å²) < 4.78 is 0.794. The Bertz CT molecular complexity index is 728. The molecule has 0 saturated heterocycles. The number of hydrogen-bond acceptors (Lipinski definition) is 2. The number of carbonyl (C=O) groups is 1. The standard InChI is InChI=1S/C38H71N3O/c1-5-7-9-11-13-15-17-19-21-22-24-26-28-30-32-37-39-34-35-41(37,4)36(3)40-38(42)33-31-29-27-25-23-20-18-16-14-12-10-8-6-2/h15-18,36H,5-14,19-35H2,1-4H3/p+1. The van der Waals surface area contributed by atoms with Crippen LogP contribution in [0.4, 0.5) is 0 Å². The van der Waals surface area contributed by atoms with E-state index < -0.39 is 0 Å². The molecule has 0 aromatic carbocycles. The van der Waals surface area contributed by atoms with Crippen molar-refractivity contribution in [1.29, 1.82) is 0 Å². The lowest BCUT2D eigenvalue weighted by molar-refractivity contribution is -0.843. The van der Waals surface area contributed by atoms with Crippen LogP contribution >= 0.6 is 0 Å². The maximum atomic E-state index is 12.7. The molecule has 0 radical (unpaired) electrons. The van der Waals surface area contributed by atoms with Crippen molar-refractivity contribution >= 4 is 11.7 Å². The molecule has 2 unspecified atom stereocenters. The van der Waals surface area contributed by atoms with Gasteiger partial charge in [-0.2, -0.15) is 0 Å². The second-order valence-electron chi connectivity index (χ2n) is 13.1. The highest BCUT2D eigenvalue weighted by Crippen LogP contribution is 2.21. The number of amidine groups is 1. The second-order valence-corrected chi connectivity index (χ2v) is 13.1. The lowest BCUT2D eigenvalue weighted by atomic mass is 10.1. The number of carbonyl (C=O) groups excluding carboxylic acids is 1. The summed E-state index contributed by atoms with van der Waals surface area (Å²) in [6.45, 7) is 8.62. The molecule has 0 fully saturated rings. The van der Waals surface area contributed by atoms with Crippen molar-refractivity contribution in [2.24, 2.45) is 4.99 Å². The van der Waals surface area contributed by atoms with E-state index in [-0.39, 0.29) is 12.1 Å². The zero-order valence-corrected chi connectivity index (χ0v) is 28.8. The van der Waals surface area contributed by atoms with Crippen LogP contribution in [0.1, 0.15) is 181 Å². The first-order valence-corrected chi connectivity index (χ1v) is 18.5. The molecule has 1 aliphatic heterocycles. The highest BCUT2D eigenvalue weighted by Gasteiger charge is 2.39. The molecule has 244 valence electrons. The molecule has 0 aromatic rings. The van der Waals surface area contributed by atoms with E-state index in [1.807, 2.05) is 0 Å². The van der Waals surface area contributed by atoms with E-state index in [2.05, 4.69) is 57.4 Å². The van der Waals surface area contributed by atoms with Crippen LogP contribution < -0.4 is 5.32 Å². The number of likely N-dealkylation sites (N-methyl/N-ethyl adjacent to an activating group) is 1. The minimum absolute atomic E-state index is 0.104. The molecule has 1 aliphatic rings. The topological polar surface area (TPSA) is 41.5 Å². The van der Waals surface area contributed by atoms with Crippen LogP contribution in [0.25, 0.3) is 0 Å². The summed E-state index contributed by atoms with van der Waals surface area (Å²) in [7, 11) is 2.27. The highest BCUT2D eigenvalue weighted by molar-refractivity contribution is 5.78. The number of nitrogens with zero attached hydrogens (tertiary/aromatic N) is 2. The summed E-state index contributed by atoms with van der Waals surface area (Å²) in [5.41, 5.74) is 0. The summed E-state index contributed by atoms with van der Waals surface area (Å²) in [5, 5.41) is 3.33. The number of quaternary nitrogens is 1. The second kappa shape index (κ2) is 27.2. The van der Waals surface area contributed by atoms with Gasteiger partial charge in [0.2, 0.25) is 5.91 Å². The molecule has 1 rings (SSSR count). The fraction of sp³-hybridized carbons (Fsp3) is 0.842. The molecule has 1 heterocycles. The predicted octanol–water partition coefficient (Wildman–Crippen LogP) is 11.2. The number of unbranched alkanes of at least 4 members (excludes halogenated alkanes) is 19. The molecule has 4 heteroatoms. The van der Waals surface area contributed by atoms with E-state index in [1.165, 1.54) is 141 Å². The van der Waals surface area contributed by atoms with E-state index in [9.17, 15) is 4.79 Å². The first-order valence-electron chi connectivity index (χ1n) is 18.5. The van der Waals surface area contributed by atoms with E-state index >= 15 is 0 Å². The zero-order valence-electron chi connectivity index (χ0n) is 28.8. The molecule has 1 N–H and O–H groups in total. The maximum Gasteiger partial charge on any atom is 0.224 e. The molecule has 0 aliphatic carbocycles. The molecule has 1 amide bonds. The number of allylic oxidation sites excluding steroid dienone is 4. The smallest absolute Gasteiger partial charge is 0.224 e. The Morgan fingerprint density at radius 3 is 1.62 bits per heavy atom. The van der Waals surface area contributed by atoms with Crippen molar-refractivity contribution in [2.75, 3.05) is 20.1 Å². The minimum atomic E-state index is 0.104. The van der Waals surface area contributed by atoms with Crippen LogP contribution in [0.5, 0.6) is 0 Å². The summed E-state index contributed by atoms with van der Waals surface area (Å²) in [6, 6.07) is 0. The van der Waals surface area contributed by atoms with E-state index in [0.29, 0.717) is 6.42 Å². The van der Waals surface area contributed by atoms with Gasteiger partial charge in [-0.05, 0) is 64.2 Å². The third kappa shape index (κ3) is 19.7. The largest absolute Gasteiger partial charge is 0.307 e. The van der Waals surface area contributed by atoms with Crippen molar-refractivity contribution in [3.63, 3.8) is 0 Å². The lowest BCUT2D eigenvalue weighted by Crippen LogP contribution is -2.60. The van der Waals surface area contributed by atoms with Crippen LogP contribution in [-0.2, 0) is 4.79 Å². The molecule has 0 saturated carbocycles. The Morgan fingerprint density at radius 2 is 1.12 bits per heavy atom. The Labute approximate surface area is 262 Å². The molecule has 4 nitrogen and oxygen atoms in total. The van der Waals surface area contributed by atoms with E-state index in [0.717, 1.165) is 36.8 Å². The van der Waals surface area contributed by atoms with Crippen molar-refractivity contribution in [3.05, 3.63) is 24.3 Å². The molecule has 0 spiro atoms. The van der Waals surface area contributed by atoms with Crippen molar-refractivity contribution < 1.29 is 9.28 Å². The SMILES string of the molecule is CCCCCCC=CCCCCCCCCC1=NCC[N+]1(C)C(C)NC(=O)CCCCCCCC=CCCCCCC. The van der Waals surface area contributed by atoms with Crippen LogP contribution in [0.3, 0.4) is 0 Å². The molecular weight excluding hydrogens is 514 g/mol. The first kappa shape index (κ1) is 38.6. The first-order chi connectivity index (χ1) is 20.5. The molecule has 42 heavy (non-hydrogen) atoms. The fourth-order valence-electron chi connectivity index (χ4n) is 6.06. The highest BCUT2D eigenvalue weighted by atomic mass is 16.1. The van der Waals surface area contributed by atoms with Gasteiger partial charge >= 0.3 is 0 Å². The van der Waals surface area contributed by atoms with E-state index in [1.54, 1.807) is 0 Å². The third-order valence-corrected chi connectivity index (χ3v) is 9.25. The molecular formula is C38H72N3O+. The number of hydrogen-bond donors (Lipinski definition) is 1. The van der Waals surface area contributed by atoms with Gasteiger partial charge in [-0.25, -0.2) is 4.99 Å². The Hall–Kier alpha value is -1.42. The van der Waals surface area contributed by atoms with Gasteiger partial charge in [0.15, 0.2) is 12.0 Å². The number of amides is 1. The van der Waals surface area contributed by atoms with Crippen LogP contribution in [0, 0.1) is 0 Å². The van der Waals surface area contributed by atoms with Crippen LogP contribution in [-0.4, -0.2) is 42.5 Å². The zero-order chi connectivity index (χ0) is 30.6. The summed E-state index contributed by atoms with van der Waals surface area (Å²) in [6.07, 6.45) is 41.1. The normalized spacial score (nSPS) is 17.9.